The number of ketones is 1. The summed E-state index contributed by atoms with van der Waals surface area (Å²) < 4.78 is 11.0. The molecule has 0 fully saturated rings. The second-order valence-electron chi connectivity index (χ2n) is 8.12. The van der Waals surface area contributed by atoms with E-state index < -0.39 is 0 Å². The number of carbonyl (C=O) groups excluding carboxylic acids is 1. The predicted octanol–water partition coefficient (Wildman–Crippen LogP) is 5.53. The second-order valence-corrected chi connectivity index (χ2v) is 8.12. The highest BCUT2D eigenvalue weighted by molar-refractivity contribution is 5.97. The van der Waals surface area contributed by atoms with Crippen molar-refractivity contribution in [3.05, 3.63) is 34.9 Å². The number of hydrogen-bond acceptors (Lipinski definition) is 3. The maximum absolute atomic E-state index is 12.5. The second kappa shape index (κ2) is 10.1. The van der Waals surface area contributed by atoms with Gasteiger partial charge in [-0.3, -0.25) is 4.79 Å². The summed E-state index contributed by atoms with van der Waals surface area (Å²) in [6.45, 7) is 0.816. The highest BCUT2D eigenvalue weighted by Crippen LogP contribution is 2.38. The molecule has 2 aliphatic rings. The molecule has 0 spiro atoms. The summed E-state index contributed by atoms with van der Waals surface area (Å²) in [4.78, 5) is 12.5. The number of fused-ring (bicyclic) bond motifs is 1. The Bertz CT molecular complexity index is 674. The number of hydrogen-bond donors (Lipinski definition) is 0. The number of carbonyl (C=O) groups is 1. The van der Waals surface area contributed by atoms with Crippen LogP contribution in [-0.4, -0.2) is 26.6 Å². The molecule has 0 aromatic heterocycles. The molecule has 0 bridgehead atoms. The molecule has 27 heavy (non-hydrogen) atoms. The number of ether oxygens (including phenoxy) is 2. The fourth-order valence-electron chi connectivity index (χ4n) is 4.60. The van der Waals surface area contributed by atoms with Gasteiger partial charge in [0.1, 0.15) is 5.75 Å². The lowest BCUT2D eigenvalue weighted by Crippen LogP contribution is -2.08. The van der Waals surface area contributed by atoms with Crippen LogP contribution in [-0.2, 0) is 22.4 Å². The van der Waals surface area contributed by atoms with Crippen LogP contribution >= 0.6 is 0 Å². The Morgan fingerprint density at radius 2 is 1.74 bits per heavy atom. The maximum Gasteiger partial charge on any atom is 0.155 e. The molecule has 1 atom stereocenters. The van der Waals surface area contributed by atoms with E-state index >= 15 is 0 Å². The number of aryl methyl sites for hydroxylation is 2. The quantitative estimate of drug-likeness (QED) is 0.617. The van der Waals surface area contributed by atoms with Crippen molar-refractivity contribution in [2.75, 3.05) is 20.8 Å². The Morgan fingerprint density at radius 3 is 2.48 bits per heavy atom. The van der Waals surface area contributed by atoms with Crippen LogP contribution in [0.3, 0.4) is 0 Å². The molecule has 0 N–H and O–H groups in total. The van der Waals surface area contributed by atoms with Gasteiger partial charge in [-0.05, 0) is 92.2 Å². The number of allylic oxidation sites excluding steroid dienone is 2. The monoisotopic (exact) mass is 370 g/mol. The van der Waals surface area contributed by atoms with Gasteiger partial charge in [-0.15, -0.1) is 0 Å². The molecule has 0 radical (unpaired) electrons. The molecular formula is C24H34O3. The maximum atomic E-state index is 12.5. The minimum atomic E-state index is 0.266. The van der Waals surface area contributed by atoms with Crippen molar-refractivity contribution >= 4 is 11.4 Å². The molecular weight excluding hydrogens is 336 g/mol. The lowest BCUT2D eigenvalue weighted by Gasteiger charge is -2.23. The van der Waals surface area contributed by atoms with E-state index in [-0.39, 0.29) is 5.78 Å². The van der Waals surface area contributed by atoms with Crippen molar-refractivity contribution < 1.29 is 14.3 Å². The summed E-state index contributed by atoms with van der Waals surface area (Å²) in [5.41, 5.74) is 5.19. The van der Waals surface area contributed by atoms with Crippen molar-refractivity contribution in [2.24, 2.45) is 5.92 Å². The van der Waals surface area contributed by atoms with Gasteiger partial charge in [-0.2, -0.15) is 0 Å². The van der Waals surface area contributed by atoms with E-state index in [0.29, 0.717) is 12.3 Å². The molecule has 1 unspecified atom stereocenters. The van der Waals surface area contributed by atoms with Crippen molar-refractivity contribution in [3.63, 3.8) is 0 Å². The first-order valence-electron chi connectivity index (χ1n) is 10.6. The normalized spacial score (nSPS) is 20.9. The van der Waals surface area contributed by atoms with Crippen LogP contribution in [0.25, 0.3) is 5.57 Å². The van der Waals surface area contributed by atoms with Gasteiger partial charge in [0.2, 0.25) is 0 Å². The minimum absolute atomic E-state index is 0.266. The first-order chi connectivity index (χ1) is 13.2. The van der Waals surface area contributed by atoms with Gasteiger partial charge in [0.25, 0.3) is 0 Å². The zero-order valence-electron chi connectivity index (χ0n) is 17.0. The van der Waals surface area contributed by atoms with Gasteiger partial charge in [-0.25, -0.2) is 0 Å². The van der Waals surface area contributed by atoms with Gasteiger partial charge in [0.05, 0.1) is 7.11 Å². The third-order valence-corrected chi connectivity index (χ3v) is 6.10. The SMILES string of the molecule is COCCCC1CCCCC(=O)C=C(c2cc3c(cc2OC)CCCC3)C1. The first kappa shape index (κ1) is 20.1. The molecule has 1 aromatic rings. The molecule has 0 amide bonds. The first-order valence-corrected chi connectivity index (χ1v) is 10.6. The van der Waals surface area contributed by atoms with E-state index in [1.165, 1.54) is 36.0 Å². The zero-order chi connectivity index (χ0) is 19.1. The molecule has 148 valence electrons. The van der Waals surface area contributed by atoms with E-state index in [1.54, 1.807) is 14.2 Å². The van der Waals surface area contributed by atoms with E-state index in [9.17, 15) is 4.79 Å². The molecule has 2 aliphatic carbocycles. The summed E-state index contributed by atoms with van der Waals surface area (Å²) in [5.74, 6) is 1.81. The Kier molecular flexibility index (Phi) is 7.51. The van der Waals surface area contributed by atoms with E-state index in [1.807, 2.05) is 6.08 Å². The van der Waals surface area contributed by atoms with E-state index in [4.69, 9.17) is 9.47 Å². The van der Waals surface area contributed by atoms with Crippen LogP contribution in [0.5, 0.6) is 5.75 Å². The van der Waals surface area contributed by atoms with E-state index in [0.717, 1.165) is 62.9 Å². The van der Waals surface area contributed by atoms with Crippen LogP contribution in [0, 0.1) is 5.92 Å². The Hall–Kier alpha value is -1.61. The molecule has 0 heterocycles. The highest BCUT2D eigenvalue weighted by atomic mass is 16.5. The fourth-order valence-corrected chi connectivity index (χ4v) is 4.60. The van der Waals surface area contributed by atoms with E-state index in [2.05, 4.69) is 12.1 Å². The number of methoxy groups -OCH3 is 2. The molecule has 3 rings (SSSR count). The Morgan fingerprint density at radius 1 is 1.00 bits per heavy atom. The molecule has 1 aromatic carbocycles. The number of rotatable bonds is 6. The highest BCUT2D eigenvalue weighted by Gasteiger charge is 2.21. The third kappa shape index (κ3) is 5.44. The average Bonchev–Trinajstić information content (AvgIpc) is 2.77. The Labute approximate surface area is 164 Å². The summed E-state index contributed by atoms with van der Waals surface area (Å²) in [7, 11) is 3.52. The number of benzene rings is 1. The van der Waals surface area contributed by atoms with Crippen molar-refractivity contribution in [2.45, 2.75) is 70.6 Å². The molecule has 3 nitrogen and oxygen atoms in total. The summed E-state index contributed by atoms with van der Waals surface area (Å²) in [6.07, 6.45) is 13.9. The summed E-state index contributed by atoms with van der Waals surface area (Å²) in [6, 6.07) is 4.54. The zero-order valence-corrected chi connectivity index (χ0v) is 17.0. The van der Waals surface area contributed by atoms with Crippen molar-refractivity contribution in [3.8, 4) is 5.75 Å². The van der Waals surface area contributed by atoms with Crippen LogP contribution in [0.15, 0.2) is 18.2 Å². The molecule has 0 aliphatic heterocycles. The smallest absolute Gasteiger partial charge is 0.155 e. The lowest BCUT2D eigenvalue weighted by atomic mass is 9.84. The summed E-state index contributed by atoms with van der Waals surface area (Å²) in [5, 5.41) is 0. The largest absolute Gasteiger partial charge is 0.496 e. The fraction of sp³-hybridized carbons (Fsp3) is 0.625. The molecule has 0 saturated heterocycles. The topological polar surface area (TPSA) is 35.5 Å². The molecule has 0 saturated carbocycles. The van der Waals surface area contributed by atoms with Crippen molar-refractivity contribution in [1.29, 1.82) is 0 Å². The minimum Gasteiger partial charge on any atom is -0.496 e. The van der Waals surface area contributed by atoms with Gasteiger partial charge in [0, 0.05) is 25.7 Å². The van der Waals surface area contributed by atoms with Crippen LogP contribution in [0.1, 0.15) is 74.5 Å². The third-order valence-electron chi connectivity index (χ3n) is 6.10. The molecule has 3 heteroatoms. The lowest BCUT2D eigenvalue weighted by molar-refractivity contribution is -0.114. The van der Waals surface area contributed by atoms with Gasteiger partial charge in [0.15, 0.2) is 5.78 Å². The van der Waals surface area contributed by atoms with Gasteiger partial charge >= 0.3 is 0 Å². The standard InChI is InChI=1S/C24H34O3/c1-26-13-7-9-18-8-3-6-12-22(25)15-21(14-18)23-16-19-10-4-5-11-20(19)17-24(23)27-2/h15-18H,3-14H2,1-2H3. The van der Waals surface area contributed by atoms with Crippen LogP contribution in [0.2, 0.25) is 0 Å². The Balaban J connectivity index is 1.91. The van der Waals surface area contributed by atoms with Crippen molar-refractivity contribution in [1.82, 2.24) is 0 Å². The van der Waals surface area contributed by atoms with Gasteiger partial charge in [-0.1, -0.05) is 12.8 Å². The van der Waals surface area contributed by atoms with Crippen LogP contribution in [0.4, 0.5) is 0 Å². The average molecular weight is 371 g/mol. The predicted molar refractivity (Wildman–Crippen MR) is 110 cm³/mol. The van der Waals surface area contributed by atoms with Gasteiger partial charge < -0.3 is 9.47 Å². The van der Waals surface area contributed by atoms with Crippen LogP contribution < -0.4 is 4.74 Å². The summed E-state index contributed by atoms with van der Waals surface area (Å²) >= 11 is 0.